The van der Waals surface area contributed by atoms with Gasteiger partial charge in [-0.15, -0.1) is 0 Å². The van der Waals surface area contributed by atoms with Gasteiger partial charge < -0.3 is 9.64 Å². The number of carbonyl (C=O) groups excluding carboxylic acids is 1. The zero-order chi connectivity index (χ0) is 17.6. The molecule has 0 N–H and O–H groups in total. The molecule has 0 spiro atoms. The van der Waals surface area contributed by atoms with Gasteiger partial charge in [-0.2, -0.15) is 5.26 Å². The fourth-order valence-corrected chi connectivity index (χ4v) is 4.21. The van der Waals surface area contributed by atoms with Crippen molar-refractivity contribution in [2.24, 2.45) is 0 Å². The minimum Gasteiger partial charge on any atom is -0.484 e. The van der Waals surface area contributed by atoms with Crippen LogP contribution in [0, 0.1) is 11.3 Å². The first-order valence-electron chi connectivity index (χ1n) is 9.35. The molecule has 0 saturated carbocycles. The van der Waals surface area contributed by atoms with Gasteiger partial charge in [-0.1, -0.05) is 19.1 Å². The molecule has 5 heteroatoms. The number of ether oxygens (including phenoxy) is 1. The lowest BCUT2D eigenvalue weighted by Gasteiger charge is -2.34. The molecule has 1 amide bonds. The van der Waals surface area contributed by atoms with Gasteiger partial charge in [0.25, 0.3) is 5.91 Å². The minimum atomic E-state index is 0.0894. The second kappa shape index (κ2) is 8.35. The fourth-order valence-electron chi connectivity index (χ4n) is 4.21. The minimum absolute atomic E-state index is 0.0894. The lowest BCUT2D eigenvalue weighted by molar-refractivity contribution is -0.135. The van der Waals surface area contributed by atoms with Gasteiger partial charge in [0.1, 0.15) is 5.75 Å². The van der Waals surface area contributed by atoms with E-state index in [1.807, 2.05) is 29.2 Å². The lowest BCUT2D eigenvalue weighted by Crippen LogP contribution is -2.49. The number of carbonyl (C=O) groups is 1. The summed E-state index contributed by atoms with van der Waals surface area (Å²) < 4.78 is 5.69. The second-order valence-corrected chi connectivity index (χ2v) is 6.90. The first-order chi connectivity index (χ1) is 12.2. The zero-order valence-electron chi connectivity index (χ0n) is 15.0. The monoisotopic (exact) mass is 341 g/mol. The van der Waals surface area contributed by atoms with E-state index >= 15 is 0 Å². The molecule has 0 unspecified atom stereocenters. The van der Waals surface area contributed by atoms with Gasteiger partial charge in [-0.05, 0) is 56.5 Å². The molecule has 1 aromatic rings. The highest BCUT2D eigenvalue weighted by molar-refractivity contribution is 5.78. The van der Waals surface area contributed by atoms with Gasteiger partial charge in [0.2, 0.25) is 0 Å². The standard InChI is InChI=1S/C20H27N3O2/c1-2-22-13-3-5-18(22)19-6-4-14-23(19)20(24)15-25-17-9-7-16(8-10-17)11-12-21/h7-10,18-19H,2-6,11,13-15H2,1H3/t18-,19-/m0/s1. The normalized spacial score (nSPS) is 23.6. The van der Waals surface area contributed by atoms with Crippen LogP contribution >= 0.6 is 0 Å². The van der Waals surface area contributed by atoms with Crippen molar-refractivity contribution in [1.82, 2.24) is 9.80 Å². The number of amides is 1. The third kappa shape index (κ3) is 4.13. The van der Waals surface area contributed by atoms with Crippen LogP contribution in [-0.2, 0) is 11.2 Å². The van der Waals surface area contributed by atoms with Gasteiger partial charge in [-0.25, -0.2) is 0 Å². The number of hydrogen-bond acceptors (Lipinski definition) is 4. The molecule has 2 aliphatic heterocycles. The van der Waals surface area contributed by atoms with Crippen molar-refractivity contribution in [3.8, 4) is 11.8 Å². The molecule has 5 nitrogen and oxygen atoms in total. The highest BCUT2D eigenvalue weighted by Crippen LogP contribution is 2.30. The first kappa shape index (κ1) is 17.8. The first-order valence-corrected chi connectivity index (χ1v) is 9.35. The Labute approximate surface area is 150 Å². The van der Waals surface area contributed by atoms with E-state index in [0.29, 0.717) is 24.3 Å². The Morgan fingerprint density at radius 1 is 1.20 bits per heavy atom. The summed E-state index contributed by atoms with van der Waals surface area (Å²) in [4.78, 5) is 17.3. The molecule has 2 saturated heterocycles. The summed E-state index contributed by atoms with van der Waals surface area (Å²) in [5.74, 6) is 0.772. The Bertz CT molecular complexity index is 623. The van der Waals surface area contributed by atoms with Gasteiger partial charge in [0.05, 0.1) is 12.5 Å². The molecule has 2 heterocycles. The van der Waals surface area contributed by atoms with Crippen LogP contribution in [0.25, 0.3) is 0 Å². The van der Waals surface area contributed by atoms with Gasteiger partial charge in [-0.3, -0.25) is 9.69 Å². The summed E-state index contributed by atoms with van der Waals surface area (Å²) in [6.45, 7) is 5.37. The van der Waals surface area contributed by atoms with E-state index < -0.39 is 0 Å². The van der Waals surface area contributed by atoms with Crippen LogP contribution in [0.4, 0.5) is 0 Å². The molecule has 2 aliphatic rings. The number of hydrogen-bond donors (Lipinski definition) is 0. The summed E-state index contributed by atoms with van der Waals surface area (Å²) in [5.41, 5.74) is 0.960. The second-order valence-electron chi connectivity index (χ2n) is 6.90. The third-order valence-electron chi connectivity index (χ3n) is 5.45. The Morgan fingerprint density at radius 3 is 2.64 bits per heavy atom. The number of nitrogens with zero attached hydrogens (tertiary/aromatic N) is 3. The molecule has 2 atom stereocenters. The van der Waals surface area contributed by atoms with Crippen molar-refractivity contribution < 1.29 is 9.53 Å². The summed E-state index contributed by atoms with van der Waals surface area (Å²) in [6, 6.07) is 10.4. The fraction of sp³-hybridized carbons (Fsp3) is 0.600. The number of likely N-dealkylation sites (tertiary alicyclic amines) is 2. The molecule has 0 radical (unpaired) electrons. The Hall–Kier alpha value is -2.06. The van der Waals surface area contributed by atoms with E-state index in [1.54, 1.807) is 0 Å². The van der Waals surface area contributed by atoms with Crippen LogP contribution < -0.4 is 4.74 Å². The van der Waals surface area contributed by atoms with Crippen molar-refractivity contribution in [3.63, 3.8) is 0 Å². The Morgan fingerprint density at radius 2 is 1.92 bits per heavy atom. The summed E-state index contributed by atoms with van der Waals surface area (Å²) in [6.07, 6.45) is 5.03. The molecule has 134 valence electrons. The van der Waals surface area contributed by atoms with Crippen LogP contribution in [0.1, 0.15) is 38.2 Å². The molecule has 25 heavy (non-hydrogen) atoms. The summed E-state index contributed by atoms with van der Waals surface area (Å²) in [5, 5.41) is 8.70. The number of nitriles is 1. The molecule has 2 fully saturated rings. The number of benzene rings is 1. The molecule has 0 aliphatic carbocycles. The molecule has 0 aromatic heterocycles. The lowest BCUT2D eigenvalue weighted by atomic mass is 10.0. The van der Waals surface area contributed by atoms with Crippen molar-refractivity contribution in [2.45, 2.75) is 51.1 Å². The van der Waals surface area contributed by atoms with E-state index in [2.05, 4.69) is 17.9 Å². The highest BCUT2D eigenvalue weighted by atomic mass is 16.5. The van der Waals surface area contributed by atoms with Gasteiger partial charge in [0.15, 0.2) is 6.61 Å². The summed E-state index contributed by atoms with van der Waals surface area (Å²) >= 11 is 0. The van der Waals surface area contributed by atoms with Gasteiger partial charge in [0, 0.05) is 18.6 Å². The molecular formula is C20H27N3O2. The van der Waals surface area contributed by atoms with E-state index in [-0.39, 0.29) is 12.5 Å². The zero-order valence-corrected chi connectivity index (χ0v) is 15.0. The van der Waals surface area contributed by atoms with E-state index in [1.165, 1.54) is 12.8 Å². The summed E-state index contributed by atoms with van der Waals surface area (Å²) in [7, 11) is 0. The van der Waals surface area contributed by atoms with Crippen LogP contribution in [0.5, 0.6) is 5.75 Å². The molecular weight excluding hydrogens is 314 g/mol. The quantitative estimate of drug-likeness (QED) is 0.798. The van der Waals surface area contributed by atoms with Crippen LogP contribution in [0.3, 0.4) is 0 Å². The predicted octanol–water partition coefficient (Wildman–Crippen LogP) is 2.61. The maximum atomic E-state index is 12.7. The van der Waals surface area contributed by atoms with Crippen LogP contribution in [0.15, 0.2) is 24.3 Å². The SMILES string of the molecule is CCN1CCC[C@H]1[C@@H]1CCCN1C(=O)COc1ccc(CC#N)cc1. The van der Waals surface area contributed by atoms with Gasteiger partial charge >= 0.3 is 0 Å². The van der Waals surface area contributed by atoms with Crippen LogP contribution in [0.2, 0.25) is 0 Å². The average Bonchev–Trinajstić information content (AvgIpc) is 3.29. The van der Waals surface area contributed by atoms with E-state index in [0.717, 1.165) is 38.0 Å². The largest absolute Gasteiger partial charge is 0.484 e. The smallest absolute Gasteiger partial charge is 0.260 e. The van der Waals surface area contributed by atoms with E-state index in [9.17, 15) is 4.79 Å². The molecule has 3 rings (SSSR count). The third-order valence-corrected chi connectivity index (χ3v) is 5.45. The number of rotatable bonds is 6. The Balaban J connectivity index is 1.56. The Kier molecular flexibility index (Phi) is 5.93. The maximum absolute atomic E-state index is 12.7. The molecule has 0 bridgehead atoms. The van der Waals surface area contributed by atoms with E-state index in [4.69, 9.17) is 10.00 Å². The number of likely N-dealkylation sites (N-methyl/N-ethyl adjacent to an activating group) is 1. The van der Waals surface area contributed by atoms with Crippen molar-refractivity contribution in [1.29, 1.82) is 5.26 Å². The van der Waals surface area contributed by atoms with Crippen molar-refractivity contribution >= 4 is 5.91 Å². The van der Waals surface area contributed by atoms with Crippen molar-refractivity contribution in [2.75, 3.05) is 26.2 Å². The predicted molar refractivity (Wildman–Crippen MR) is 96.3 cm³/mol. The van der Waals surface area contributed by atoms with Crippen molar-refractivity contribution in [3.05, 3.63) is 29.8 Å². The van der Waals surface area contributed by atoms with Crippen LogP contribution in [-0.4, -0.2) is 54.0 Å². The molecule has 1 aromatic carbocycles. The average molecular weight is 341 g/mol. The highest BCUT2D eigenvalue weighted by Gasteiger charge is 2.39. The topological polar surface area (TPSA) is 56.6 Å². The maximum Gasteiger partial charge on any atom is 0.260 e.